The molecule has 0 spiro atoms. The van der Waals surface area contributed by atoms with Gasteiger partial charge in [-0.2, -0.15) is 0 Å². The van der Waals surface area contributed by atoms with Crippen molar-refractivity contribution in [1.29, 1.82) is 10.8 Å². The third-order valence-corrected chi connectivity index (χ3v) is 20.3. The molecule has 0 radical (unpaired) electrons. The Morgan fingerprint density at radius 2 is 0.740 bits per heavy atom. The van der Waals surface area contributed by atoms with Crippen LogP contribution in [0.15, 0.2) is 30.5 Å². The summed E-state index contributed by atoms with van der Waals surface area (Å²) in [5.74, 6) is -20.6. The molecule has 46 nitrogen and oxygen atoms in total. The number of fused-ring (bicyclic) bond motifs is 1. The lowest BCUT2D eigenvalue weighted by atomic mass is 9.97. The molecule has 1 aromatic carbocycles. The van der Waals surface area contributed by atoms with Gasteiger partial charge in [0.25, 0.3) is 0 Å². The maximum Gasteiger partial charge on any atom is 0.243 e. The zero-order valence-electron chi connectivity index (χ0n) is 74.7. The lowest BCUT2D eigenvalue weighted by Crippen LogP contribution is -2.61. The van der Waals surface area contributed by atoms with Crippen LogP contribution in [0.5, 0.6) is 0 Å². The fourth-order valence-electron chi connectivity index (χ4n) is 13.2. The molecule has 712 valence electrons. The minimum atomic E-state index is -2.07. The first-order valence-corrected chi connectivity index (χ1v) is 42.9. The van der Waals surface area contributed by atoms with E-state index in [4.69, 9.17) is 62.4 Å². The topological polar surface area (TPSA) is 797 Å². The first-order valence-electron chi connectivity index (χ1n) is 42.9. The van der Waals surface area contributed by atoms with Crippen LogP contribution in [0.4, 0.5) is 0 Å². The average molecular weight is 1790 g/mol. The number of primary amides is 4. The molecule has 1 aromatic heterocycles. The second-order valence-corrected chi connectivity index (χ2v) is 33.2. The molecule has 1 heterocycles. The second kappa shape index (κ2) is 57.3. The van der Waals surface area contributed by atoms with Gasteiger partial charge in [0, 0.05) is 36.6 Å². The number of aromatic amines is 1. The van der Waals surface area contributed by atoms with Gasteiger partial charge in [-0.15, -0.1) is 0 Å². The predicted molar refractivity (Wildman–Crippen MR) is 471 cm³/mol. The number of unbranched alkanes of at least 4 members (excludes halogenated alkanes) is 2. The van der Waals surface area contributed by atoms with Crippen molar-refractivity contribution in [3.05, 3.63) is 36.0 Å². The van der Waals surface area contributed by atoms with E-state index in [2.05, 4.69) is 90.1 Å². The summed E-state index contributed by atoms with van der Waals surface area (Å²) >= 11 is 0. The minimum absolute atomic E-state index is 0.00818. The predicted octanol–water partition coefficient (Wildman–Crippen LogP) is -6.79. The number of guanidine groups is 2. The van der Waals surface area contributed by atoms with Crippen molar-refractivity contribution in [1.82, 2.24) is 90.1 Å². The van der Waals surface area contributed by atoms with Crippen LogP contribution < -0.4 is 137 Å². The molecule has 0 aliphatic rings. The smallest absolute Gasteiger partial charge is 0.243 e. The Bertz CT molecular complexity index is 4070. The summed E-state index contributed by atoms with van der Waals surface area (Å²) in [5.41, 5.74) is 52.3. The summed E-state index contributed by atoms with van der Waals surface area (Å²) in [6.07, 6.45) is 0.699. The molecule has 0 bridgehead atoms. The number of aromatic nitrogens is 1. The Labute approximate surface area is 739 Å². The summed E-state index contributed by atoms with van der Waals surface area (Å²) in [5, 5.41) is 56.2. The van der Waals surface area contributed by atoms with Gasteiger partial charge in [0.15, 0.2) is 11.9 Å². The number of nitrogens with one attached hydrogen (secondary N) is 19. The summed E-state index contributed by atoms with van der Waals surface area (Å²) in [6.45, 7) is 18.1. The van der Waals surface area contributed by atoms with Crippen LogP contribution in [-0.2, 0) is 92.7 Å². The zero-order valence-corrected chi connectivity index (χ0v) is 74.7. The molecule has 0 unspecified atom stereocenters. The Hall–Kier alpha value is -12.4. The molecule has 0 aliphatic carbocycles. The minimum Gasteiger partial charge on any atom is -0.370 e. The van der Waals surface area contributed by atoms with Crippen LogP contribution in [0, 0.1) is 40.4 Å². The highest BCUT2D eigenvalue weighted by Crippen LogP contribution is 2.21. The molecule has 0 fully saturated rings. The van der Waals surface area contributed by atoms with E-state index in [9.17, 15) is 86.3 Å². The fourth-order valence-corrected chi connectivity index (χ4v) is 13.2. The van der Waals surface area contributed by atoms with Crippen molar-refractivity contribution < 1.29 is 86.3 Å². The third kappa shape index (κ3) is 42.5. The van der Waals surface area contributed by atoms with E-state index in [1.165, 1.54) is 13.8 Å². The second-order valence-electron chi connectivity index (χ2n) is 33.2. The van der Waals surface area contributed by atoms with Gasteiger partial charge >= 0.3 is 0 Å². The molecular weight excluding hydrogens is 1650 g/mol. The van der Waals surface area contributed by atoms with E-state index in [1.54, 1.807) is 78.9 Å². The molecule has 2 rings (SSSR count). The lowest BCUT2D eigenvalue weighted by molar-refractivity contribution is -0.138. The highest BCUT2D eigenvalue weighted by atomic mass is 16.2. The number of rotatable bonds is 62. The number of para-hydroxylation sites is 1. The van der Waals surface area contributed by atoms with Gasteiger partial charge in [-0.05, 0) is 145 Å². The Morgan fingerprint density at radius 3 is 1.17 bits per heavy atom. The number of nitrogens with two attached hydrogens (primary N) is 9. The molecule has 37 N–H and O–H groups in total. The van der Waals surface area contributed by atoms with Gasteiger partial charge in [0.1, 0.15) is 78.5 Å². The van der Waals surface area contributed by atoms with Crippen LogP contribution in [0.3, 0.4) is 0 Å². The number of H-pyrrole nitrogens is 1. The average Bonchev–Trinajstić information content (AvgIpc) is 1.71. The van der Waals surface area contributed by atoms with Crippen molar-refractivity contribution in [2.75, 3.05) is 32.7 Å². The number of carbonyl (C=O) groups excluding carboxylic acids is 18. The Balaban J connectivity index is 2.42. The summed E-state index contributed by atoms with van der Waals surface area (Å²) in [7, 11) is 0. The number of carbonyl (C=O) groups is 18. The Kier molecular flexibility index (Phi) is 49.9. The molecule has 18 amide bonds. The number of hydrogen-bond acceptors (Lipinski definition) is 23. The number of hydrogen-bond donors (Lipinski definition) is 28. The van der Waals surface area contributed by atoms with Gasteiger partial charge < -0.3 is 142 Å². The molecule has 0 aliphatic heterocycles. The van der Waals surface area contributed by atoms with Crippen LogP contribution in [-0.4, -0.2) is 241 Å². The maximum absolute atomic E-state index is 14.5. The SMILES string of the molecule is CC[C@H](C)[C@H](NC(=O)[C@H](CC(N)=O)NC(=O)[C@H](CC(N)=O)NC(=O)[C@H](CC(N)=O)NC(=O)[C@H](CC(C)C)NC(=O)[C@H](CCCCN)NC(=O)[C@H](Cc1c[nH]c2ccccc12)NC(=O)[C@@H](N)CCCNC(=N)N)C(=O)NCC(=O)N[C@@H](C)C(=O)N[C@@H](CCCNC(=N)N)C(=O)N[C@@H](CC(C)C)C(=O)N[C@@H](CCCCN)C(=O)N[C@H](C(=O)N[C@@H](CC(C)C)C(N)=O)C(C)C. The van der Waals surface area contributed by atoms with E-state index >= 15 is 0 Å². The van der Waals surface area contributed by atoms with E-state index in [-0.39, 0.29) is 121 Å². The standard InChI is InChI=1S/C81H140N28O18/c1-12-44(10)65(78(126)96-39-63(113)97-45(11)67(115)98-52(26-20-30-94-81(91)92)70(118)103-54(32-41(4)5)72(120)100-51(25-16-18-28-83)71(119)108-64(43(8)9)79(127)101-53(66(88)114)31-40(2)3)109-77(125)59(37-62(87)112)107-76(124)58(36-61(86)111)106-75(123)57(35-60(85)110)105-73(121)55(33-42(6)7)104-69(117)50(24-15-17-27-82)99-74(122)56(34-46-38-95-49-23-14-13-21-47(46)49)102-68(116)48(84)22-19-29-93-80(89)90/h13-14,21,23,38,40-45,48,50-59,64-65,95H,12,15-20,22,24-37,39,82-84H2,1-11H3,(H2,85,110)(H2,86,111)(H2,87,112)(H2,88,114)(H,96,126)(H,97,113)(H,98,115)(H,99,122)(H,100,120)(H,101,127)(H,102,116)(H,103,118)(H,104,117)(H,105,121)(H,106,123)(H,107,124)(H,108,119)(H,109,125)(H4,89,90,93)(H4,91,92,94)/t44-,45-,48-,50-,51-,52-,53-,54-,55-,56-,57-,58-,59-,64-,65-/m0/s1. The van der Waals surface area contributed by atoms with E-state index in [0.717, 1.165) is 10.9 Å². The number of amides is 18. The van der Waals surface area contributed by atoms with Crippen molar-refractivity contribution in [3.63, 3.8) is 0 Å². The van der Waals surface area contributed by atoms with Gasteiger partial charge in [-0.1, -0.05) is 93.9 Å². The molecule has 0 saturated carbocycles. The van der Waals surface area contributed by atoms with E-state index in [1.807, 2.05) is 13.8 Å². The molecule has 127 heavy (non-hydrogen) atoms. The van der Waals surface area contributed by atoms with Crippen molar-refractivity contribution in [2.24, 2.45) is 81.2 Å². The van der Waals surface area contributed by atoms with Gasteiger partial charge in [-0.25, -0.2) is 0 Å². The van der Waals surface area contributed by atoms with Gasteiger partial charge in [0.2, 0.25) is 106 Å². The van der Waals surface area contributed by atoms with Crippen molar-refractivity contribution in [2.45, 2.75) is 276 Å². The fraction of sp³-hybridized carbons (Fsp3) is 0.654. The van der Waals surface area contributed by atoms with Crippen molar-refractivity contribution >= 4 is 129 Å². The number of benzene rings is 1. The van der Waals surface area contributed by atoms with Crippen molar-refractivity contribution in [3.8, 4) is 0 Å². The molecular formula is C81H140N28O18. The van der Waals surface area contributed by atoms with Gasteiger partial charge in [0.05, 0.1) is 31.8 Å². The Morgan fingerprint density at radius 1 is 0.378 bits per heavy atom. The van der Waals surface area contributed by atoms with Crippen LogP contribution in [0.2, 0.25) is 0 Å². The highest BCUT2D eigenvalue weighted by Gasteiger charge is 2.40. The van der Waals surface area contributed by atoms with Crippen LogP contribution >= 0.6 is 0 Å². The molecule has 15 atom stereocenters. The van der Waals surface area contributed by atoms with E-state index in [0.29, 0.717) is 31.2 Å². The summed E-state index contributed by atoms with van der Waals surface area (Å²) < 4.78 is 0. The quantitative estimate of drug-likeness (QED) is 0.0166. The largest absolute Gasteiger partial charge is 0.370 e. The third-order valence-electron chi connectivity index (χ3n) is 20.3. The first-order chi connectivity index (χ1) is 59.6. The summed E-state index contributed by atoms with van der Waals surface area (Å²) in [6, 6.07) is -13.5. The summed E-state index contributed by atoms with van der Waals surface area (Å²) in [4.78, 5) is 251. The monoisotopic (exact) mass is 1790 g/mol. The molecule has 46 heteroatoms. The molecule has 0 saturated heterocycles. The van der Waals surface area contributed by atoms with E-state index < -0.39 is 235 Å². The van der Waals surface area contributed by atoms with Gasteiger partial charge in [-0.3, -0.25) is 97.1 Å². The van der Waals surface area contributed by atoms with Crippen LogP contribution in [0.1, 0.15) is 191 Å². The maximum atomic E-state index is 14.5. The zero-order chi connectivity index (χ0) is 96.1. The lowest BCUT2D eigenvalue weighted by Gasteiger charge is -2.29. The highest BCUT2D eigenvalue weighted by molar-refractivity contribution is 6.02. The normalized spacial score (nSPS) is 14.8. The first kappa shape index (κ1) is 111. The van der Waals surface area contributed by atoms with Crippen LogP contribution in [0.25, 0.3) is 10.9 Å². The molecule has 2 aromatic rings.